The molecule has 3 aromatic rings. The first-order valence-corrected chi connectivity index (χ1v) is 6.86. The van der Waals surface area contributed by atoms with Crippen molar-refractivity contribution in [1.82, 2.24) is 15.5 Å². The van der Waals surface area contributed by atoms with Gasteiger partial charge in [-0.05, 0) is 26.0 Å². The first-order chi connectivity index (χ1) is 9.83. The maximum atomic E-state index is 5.53. The minimum atomic E-state index is 0.300. The summed E-state index contributed by atoms with van der Waals surface area (Å²) in [6.45, 7) is 3.15. The smallest absolute Gasteiger partial charge is 0.231 e. The topological polar surface area (TPSA) is 64.1 Å². The standard InChI is InChI=1S/C15H15N3O2/c1-9-10(6-7-16-9)15-17-14(18-20-15)12-8-19-13-5-3-2-4-11(12)13/h2-5,8-10,16H,6-7H2,1H3. The Morgan fingerprint density at radius 3 is 3.05 bits per heavy atom. The second-order valence-electron chi connectivity index (χ2n) is 5.24. The molecule has 5 heteroatoms. The molecule has 2 aromatic heterocycles. The highest BCUT2D eigenvalue weighted by Crippen LogP contribution is 2.31. The number of aromatic nitrogens is 2. The SMILES string of the molecule is CC1NCCC1c1nc(-c2coc3ccccc23)no1. The largest absolute Gasteiger partial charge is 0.464 e. The van der Waals surface area contributed by atoms with Crippen molar-refractivity contribution in [2.45, 2.75) is 25.3 Å². The summed E-state index contributed by atoms with van der Waals surface area (Å²) in [5.41, 5.74) is 1.72. The Morgan fingerprint density at radius 2 is 2.20 bits per heavy atom. The van der Waals surface area contributed by atoms with Crippen molar-refractivity contribution in [3.8, 4) is 11.4 Å². The molecule has 5 nitrogen and oxygen atoms in total. The van der Waals surface area contributed by atoms with Gasteiger partial charge in [-0.3, -0.25) is 0 Å². The van der Waals surface area contributed by atoms with Crippen LogP contribution in [0.15, 0.2) is 39.5 Å². The van der Waals surface area contributed by atoms with Gasteiger partial charge in [0.1, 0.15) is 11.8 Å². The fraction of sp³-hybridized carbons (Fsp3) is 0.333. The third kappa shape index (κ3) is 1.74. The molecule has 1 aliphatic rings. The van der Waals surface area contributed by atoms with E-state index in [1.165, 1.54) is 0 Å². The van der Waals surface area contributed by atoms with Crippen LogP contribution >= 0.6 is 0 Å². The highest BCUT2D eigenvalue weighted by molar-refractivity contribution is 5.91. The van der Waals surface area contributed by atoms with Crippen molar-refractivity contribution < 1.29 is 8.94 Å². The number of para-hydroxylation sites is 1. The van der Waals surface area contributed by atoms with Crippen molar-refractivity contribution in [2.75, 3.05) is 6.54 Å². The van der Waals surface area contributed by atoms with Gasteiger partial charge in [0.2, 0.25) is 11.7 Å². The van der Waals surface area contributed by atoms with Gasteiger partial charge in [0.15, 0.2) is 0 Å². The number of nitrogens with zero attached hydrogens (tertiary/aromatic N) is 2. The summed E-state index contributed by atoms with van der Waals surface area (Å²) < 4.78 is 11.0. The summed E-state index contributed by atoms with van der Waals surface area (Å²) in [5, 5.41) is 8.52. The lowest BCUT2D eigenvalue weighted by Gasteiger charge is -2.08. The average molecular weight is 269 g/mol. The van der Waals surface area contributed by atoms with Gasteiger partial charge in [-0.25, -0.2) is 0 Å². The molecule has 4 rings (SSSR count). The van der Waals surface area contributed by atoms with Gasteiger partial charge in [-0.15, -0.1) is 0 Å². The summed E-state index contributed by atoms with van der Waals surface area (Å²) in [6, 6.07) is 8.24. The van der Waals surface area contributed by atoms with E-state index in [0.717, 1.165) is 29.5 Å². The highest BCUT2D eigenvalue weighted by atomic mass is 16.5. The van der Waals surface area contributed by atoms with Crippen LogP contribution in [0.25, 0.3) is 22.4 Å². The van der Waals surface area contributed by atoms with Gasteiger partial charge in [0, 0.05) is 11.4 Å². The third-order valence-electron chi connectivity index (χ3n) is 4.01. The summed E-state index contributed by atoms with van der Waals surface area (Å²) in [6.07, 6.45) is 2.73. The Hall–Kier alpha value is -2.14. The van der Waals surface area contributed by atoms with E-state index in [1.807, 2.05) is 24.3 Å². The van der Waals surface area contributed by atoms with Gasteiger partial charge in [-0.1, -0.05) is 23.4 Å². The van der Waals surface area contributed by atoms with E-state index in [-0.39, 0.29) is 0 Å². The molecule has 0 bridgehead atoms. The molecule has 0 aliphatic carbocycles. The van der Waals surface area contributed by atoms with Gasteiger partial charge in [0.25, 0.3) is 0 Å². The lowest BCUT2D eigenvalue weighted by atomic mass is 10.0. The number of rotatable bonds is 2. The monoisotopic (exact) mass is 269 g/mol. The molecule has 1 N–H and O–H groups in total. The van der Waals surface area contributed by atoms with Crippen molar-refractivity contribution in [3.05, 3.63) is 36.4 Å². The van der Waals surface area contributed by atoms with Crippen LogP contribution in [0.4, 0.5) is 0 Å². The van der Waals surface area contributed by atoms with Crippen LogP contribution in [0.1, 0.15) is 25.2 Å². The zero-order chi connectivity index (χ0) is 13.5. The number of hydrogen-bond acceptors (Lipinski definition) is 5. The second kappa shape index (κ2) is 4.45. The van der Waals surface area contributed by atoms with Crippen molar-refractivity contribution >= 4 is 11.0 Å². The van der Waals surface area contributed by atoms with E-state index >= 15 is 0 Å². The van der Waals surface area contributed by atoms with Gasteiger partial charge < -0.3 is 14.3 Å². The van der Waals surface area contributed by atoms with Crippen LogP contribution in [0.3, 0.4) is 0 Å². The lowest BCUT2D eigenvalue weighted by Crippen LogP contribution is -2.21. The van der Waals surface area contributed by atoms with E-state index in [9.17, 15) is 0 Å². The zero-order valence-electron chi connectivity index (χ0n) is 11.2. The summed E-state index contributed by atoms with van der Waals surface area (Å²) in [5.74, 6) is 1.61. The number of fused-ring (bicyclic) bond motifs is 1. The molecular formula is C15H15N3O2. The molecule has 0 amide bonds. The molecule has 1 aromatic carbocycles. The minimum Gasteiger partial charge on any atom is -0.464 e. The molecular weight excluding hydrogens is 254 g/mol. The van der Waals surface area contributed by atoms with Gasteiger partial charge in [0.05, 0.1) is 11.5 Å². The molecule has 0 radical (unpaired) electrons. The fourth-order valence-electron chi connectivity index (χ4n) is 2.84. The molecule has 2 atom stereocenters. The lowest BCUT2D eigenvalue weighted by molar-refractivity contribution is 0.345. The van der Waals surface area contributed by atoms with Crippen molar-refractivity contribution in [3.63, 3.8) is 0 Å². The molecule has 2 unspecified atom stereocenters. The summed E-state index contributed by atoms with van der Waals surface area (Å²) in [4.78, 5) is 4.56. The van der Waals surface area contributed by atoms with Crippen molar-refractivity contribution in [1.29, 1.82) is 0 Å². The van der Waals surface area contributed by atoms with Crippen LogP contribution in [0.5, 0.6) is 0 Å². The molecule has 1 fully saturated rings. The van der Waals surface area contributed by atoms with Crippen LogP contribution in [0.2, 0.25) is 0 Å². The van der Waals surface area contributed by atoms with E-state index in [2.05, 4.69) is 22.4 Å². The molecule has 3 heterocycles. The van der Waals surface area contributed by atoms with E-state index in [4.69, 9.17) is 8.94 Å². The Balaban J connectivity index is 1.74. The highest BCUT2D eigenvalue weighted by Gasteiger charge is 2.29. The van der Waals surface area contributed by atoms with E-state index < -0.39 is 0 Å². The first kappa shape index (κ1) is 11.7. The molecule has 102 valence electrons. The molecule has 0 spiro atoms. The van der Waals surface area contributed by atoms with Crippen LogP contribution in [-0.2, 0) is 0 Å². The van der Waals surface area contributed by atoms with Gasteiger partial charge >= 0.3 is 0 Å². The third-order valence-corrected chi connectivity index (χ3v) is 4.01. The fourth-order valence-corrected chi connectivity index (χ4v) is 2.84. The Labute approximate surface area is 116 Å². The Kier molecular flexibility index (Phi) is 2.60. The minimum absolute atomic E-state index is 0.300. The van der Waals surface area contributed by atoms with Crippen LogP contribution in [0, 0.1) is 0 Å². The Morgan fingerprint density at radius 1 is 1.30 bits per heavy atom. The number of furan rings is 1. The quantitative estimate of drug-likeness (QED) is 0.775. The Bertz CT molecular complexity index is 746. The summed E-state index contributed by atoms with van der Waals surface area (Å²) in [7, 11) is 0. The molecule has 1 saturated heterocycles. The average Bonchev–Trinajstić information content (AvgIpc) is 3.15. The van der Waals surface area contributed by atoms with E-state index in [0.29, 0.717) is 23.7 Å². The normalized spacial score (nSPS) is 22.6. The number of benzene rings is 1. The number of nitrogens with one attached hydrogen (secondary N) is 1. The maximum Gasteiger partial charge on any atom is 0.231 e. The van der Waals surface area contributed by atoms with Crippen LogP contribution in [-0.4, -0.2) is 22.7 Å². The van der Waals surface area contributed by atoms with E-state index in [1.54, 1.807) is 6.26 Å². The maximum absolute atomic E-state index is 5.53. The van der Waals surface area contributed by atoms with Crippen LogP contribution < -0.4 is 5.32 Å². The first-order valence-electron chi connectivity index (χ1n) is 6.86. The summed E-state index contributed by atoms with van der Waals surface area (Å²) >= 11 is 0. The molecule has 1 aliphatic heterocycles. The second-order valence-corrected chi connectivity index (χ2v) is 5.24. The van der Waals surface area contributed by atoms with Crippen molar-refractivity contribution in [2.24, 2.45) is 0 Å². The predicted molar refractivity (Wildman–Crippen MR) is 74.3 cm³/mol. The predicted octanol–water partition coefficient (Wildman–Crippen LogP) is 2.95. The molecule has 0 saturated carbocycles. The number of hydrogen-bond donors (Lipinski definition) is 1. The molecule has 20 heavy (non-hydrogen) atoms. The van der Waals surface area contributed by atoms with Gasteiger partial charge in [-0.2, -0.15) is 4.98 Å². The zero-order valence-corrected chi connectivity index (χ0v) is 11.2.